The van der Waals surface area contributed by atoms with Crippen molar-refractivity contribution >= 4 is 26.2 Å². The Balaban J connectivity index is 2.34. The van der Waals surface area contributed by atoms with Crippen molar-refractivity contribution in [2.45, 2.75) is 90.6 Å². The van der Waals surface area contributed by atoms with Gasteiger partial charge in [-0.2, -0.15) is 0 Å². The lowest BCUT2D eigenvalue weighted by atomic mass is 9.80. The molecule has 0 aromatic heterocycles. The highest BCUT2D eigenvalue weighted by molar-refractivity contribution is 6.72. The minimum absolute atomic E-state index is 0.0993. The second-order valence-corrected chi connectivity index (χ2v) is 14.5. The number of carbonyl (C=O) groups excluding carboxylic acids is 3. The Morgan fingerprint density at radius 3 is 2.11 bits per heavy atom. The molecule has 0 aromatic carbocycles. The van der Waals surface area contributed by atoms with Gasteiger partial charge in [0.2, 0.25) is 11.8 Å². The Labute approximate surface area is 169 Å². The van der Waals surface area contributed by atoms with Crippen molar-refractivity contribution in [3.05, 3.63) is 0 Å². The fraction of sp³-hybridized carbons (Fsp3) is 0.842. The predicted octanol–water partition coefficient (Wildman–Crippen LogP) is 2.44. The highest BCUT2D eigenvalue weighted by atomic mass is 28.4. The molecule has 8 nitrogen and oxygen atoms in total. The van der Waals surface area contributed by atoms with Crippen molar-refractivity contribution < 1.29 is 23.9 Å². The molecule has 1 saturated carbocycles. The summed E-state index contributed by atoms with van der Waals surface area (Å²) >= 11 is 0. The quantitative estimate of drug-likeness (QED) is 0.393. The van der Waals surface area contributed by atoms with Crippen molar-refractivity contribution in [3.8, 4) is 0 Å². The number of hydrogen-bond donors (Lipinski definition) is 4. The average molecular weight is 416 g/mol. The van der Waals surface area contributed by atoms with E-state index in [0.29, 0.717) is 19.3 Å². The van der Waals surface area contributed by atoms with Crippen molar-refractivity contribution in [1.29, 1.82) is 0 Å². The summed E-state index contributed by atoms with van der Waals surface area (Å²) in [5.74, 6) is -1.13. The third kappa shape index (κ3) is 7.42. The van der Waals surface area contributed by atoms with Crippen LogP contribution in [-0.4, -0.2) is 42.7 Å². The van der Waals surface area contributed by atoms with Gasteiger partial charge in [-0.3, -0.25) is 20.4 Å². The Kier molecular flexibility index (Phi) is 7.69. The van der Waals surface area contributed by atoms with Gasteiger partial charge < -0.3 is 14.8 Å². The molecular formula is C19H37N3O5Si. The molecule has 28 heavy (non-hydrogen) atoms. The number of hydrazine groups is 1. The summed E-state index contributed by atoms with van der Waals surface area (Å²) in [5.41, 5.74) is 4.38. The third-order valence-corrected chi connectivity index (χ3v) is 8.98. The molecule has 0 aliphatic heterocycles. The number of amides is 3. The Morgan fingerprint density at radius 2 is 1.64 bits per heavy atom. The molecule has 0 aromatic rings. The molecule has 0 spiro atoms. The lowest BCUT2D eigenvalue weighted by Crippen LogP contribution is -2.54. The van der Waals surface area contributed by atoms with E-state index in [2.05, 4.69) is 16.2 Å². The van der Waals surface area contributed by atoms with Gasteiger partial charge in [0.05, 0.1) is 0 Å². The van der Waals surface area contributed by atoms with Gasteiger partial charge >= 0.3 is 6.09 Å². The molecule has 1 rings (SSSR count). The Morgan fingerprint density at radius 1 is 1.11 bits per heavy atom. The molecular weight excluding hydrogens is 378 g/mol. The minimum Gasteiger partial charge on any atom is -0.444 e. The lowest BCUT2D eigenvalue weighted by Gasteiger charge is -2.37. The summed E-state index contributed by atoms with van der Waals surface area (Å²) < 4.78 is 5.19. The lowest BCUT2D eigenvalue weighted by molar-refractivity contribution is -0.134. The molecule has 0 bridgehead atoms. The highest BCUT2D eigenvalue weighted by Gasteiger charge is 2.40. The second-order valence-electron chi connectivity index (χ2n) is 10.0. The van der Waals surface area contributed by atoms with Crippen LogP contribution in [0.1, 0.15) is 60.8 Å². The van der Waals surface area contributed by atoms with Gasteiger partial charge in [0.15, 0.2) is 8.32 Å². The maximum atomic E-state index is 12.3. The number of nitrogens with one attached hydrogen (secondary N) is 3. The van der Waals surface area contributed by atoms with Crippen molar-refractivity contribution in [1.82, 2.24) is 16.2 Å². The van der Waals surface area contributed by atoms with Gasteiger partial charge in [-0.1, -0.05) is 20.8 Å². The van der Waals surface area contributed by atoms with E-state index >= 15 is 0 Å². The number of carbonyl (C=O) groups is 3. The van der Waals surface area contributed by atoms with Crippen LogP contribution < -0.4 is 16.2 Å². The fourth-order valence-electron chi connectivity index (χ4n) is 2.88. The zero-order valence-corrected chi connectivity index (χ0v) is 19.4. The maximum Gasteiger partial charge on any atom is 0.407 e. The molecule has 1 fully saturated rings. The van der Waals surface area contributed by atoms with E-state index in [0.717, 1.165) is 0 Å². The zero-order valence-electron chi connectivity index (χ0n) is 18.4. The summed E-state index contributed by atoms with van der Waals surface area (Å²) in [6.07, 6.45) is 1.06. The van der Waals surface area contributed by atoms with Gasteiger partial charge in [-0.25, -0.2) is 4.79 Å². The first-order valence-electron chi connectivity index (χ1n) is 9.83. The third-order valence-electron chi connectivity index (χ3n) is 5.46. The van der Waals surface area contributed by atoms with Gasteiger partial charge in [-0.05, 0) is 58.2 Å². The fourth-order valence-corrected chi connectivity index (χ4v) is 3.69. The smallest absolute Gasteiger partial charge is 0.407 e. The van der Waals surface area contributed by atoms with Crippen LogP contribution in [0.4, 0.5) is 4.79 Å². The molecule has 1 aliphatic rings. The molecule has 4 N–H and O–H groups in total. The van der Waals surface area contributed by atoms with Crippen molar-refractivity contribution in [2.75, 3.05) is 0 Å². The number of alkyl carbamates (subject to hydrolysis) is 1. The summed E-state index contributed by atoms with van der Waals surface area (Å²) in [6, 6.07) is -0.0993. The van der Waals surface area contributed by atoms with Gasteiger partial charge in [-0.15, -0.1) is 0 Å². The van der Waals surface area contributed by atoms with Crippen molar-refractivity contribution in [2.24, 2.45) is 11.8 Å². The molecule has 0 radical (unpaired) electrons. The number of ether oxygens (including phenoxy) is 1. The minimum atomic E-state index is -2.40. The van der Waals surface area contributed by atoms with Crippen LogP contribution in [0, 0.1) is 11.8 Å². The van der Waals surface area contributed by atoms with E-state index in [-0.39, 0.29) is 34.7 Å². The molecule has 162 valence electrons. The topological polar surface area (TPSA) is 117 Å². The van der Waals surface area contributed by atoms with E-state index in [1.54, 1.807) is 27.7 Å². The van der Waals surface area contributed by atoms with E-state index in [1.807, 2.05) is 26.9 Å². The Bertz CT molecular complexity index is 589. The van der Waals surface area contributed by atoms with Crippen LogP contribution in [0.25, 0.3) is 0 Å². The van der Waals surface area contributed by atoms with Crippen LogP contribution in [0.2, 0.25) is 18.1 Å². The summed E-state index contributed by atoms with van der Waals surface area (Å²) in [5, 5.41) is 2.42. The zero-order chi connectivity index (χ0) is 21.9. The summed E-state index contributed by atoms with van der Waals surface area (Å²) in [4.78, 5) is 46.5. The van der Waals surface area contributed by atoms with E-state index in [1.165, 1.54) is 0 Å². The first kappa shape index (κ1) is 24.4. The Hall–Kier alpha value is -1.61. The highest BCUT2D eigenvalue weighted by Crippen LogP contribution is 2.41. The molecule has 3 amide bonds. The predicted molar refractivity (Wildman–Crippen MR) is 110 cm³/mol. The maximum absolute atomic E-state index is 12.3. The first-order chi connectivity index (χ1) is 12.5. The van der Waals surface area contributed by atoms with Crippen LogP contribution in [0.3, 0.4) is 0 Å². The van der Waals surface area contributed by atoms with Gasteiger partial charge in [0.25, 0.3) is 0 Å². The largest absolute Gasteiger partial charge is 0.444 e. The standard InChI is InChI=1S/C19H37N3O5Si/c1-12(11-19(5,6)28(7,8)26)15(23)21-22-16(24)13-9-14(10-13)20-17(25)27-18(2,3)4/h12-14,26H,9-11H2,1-8H3,(H,20,25)(H,21,23)(H,22,24)/t12-,13?,14?/m0/s1. The van der Waals surface area contributed by atoms with E-state index in [9.17, 15) is 19.2 Å². The van der Waals surface area contributed by atoms with Crippen LogP contribution in [0.5, 0.6) is 0 Å². The summed E-state index contributed by atoms with van der Waals surface area (Å²) in [6.45, 7) is 14.8. The first-order valence-corrected chi connectivity index (χ1v) is 12.8. The average Bonchev–Trinajstić information content (AvgIpc) is 2.44. The molecule has 0 saturated heterocycles. The molecule has 1 aliphatic carbocycles. The van der Waals surface area contributed by atoms with E-state index < -0.39 is 20.0 Å². The second kappa shape index (κ2) is 8.81. The monoisotopic (exact) mass is 415 g/mol. The molecule has 9 heteroatoms. The number of hydrogen-bond acceptors (Lipinski definition) is 5. The SMILES string of the molecule is C[C@@H](CC(C)(C)[Si](C)(C)O)C(=O)NNC(=O)C1CC(NC(=O)OC(C)(C)C)C1. The molecule has 1 atom stereocenters. The van der Waals surface area contributed by atoms with Gasteiger partial charge in [0.1, 0.15) is 5.60 Å². The summed E-state index contributed by atoms with van der Waals surface area (Å²) in [7, 11) is -2.40. The molecule has 0 unspecified atom stereocenters. The normalized spacial score (nSPS) is 21.2. The van der Waals surface area contributed by atoms with Gasteiger partial charge in [0, 0.05) is 17.9 Å². The van der Waals surface area contributed by atoms with Crippen LogP contribution >= 0.6 is 0 Å². The van der Waals surface area contributed by atoms with Crippen LogP contribution in [-0.2, 0) is 14.3 Å². The van der Waals surface area contributed by atoms with E-state index in [4.69, 9.17) is 4.74 Å². The van der Waals surface area contributed by atoms with Crippen molar-refractivity contribution in [3.63, 3.8) is 0 Å². The number of rotatable bonds is 6. The van der Waals surface area contributed by atoms with Crippen LogP contribution in [0.15, 0.2) is 0 Å². The molecule has 0 heterocycles.